The Morgan fingerprint density at radius 1 is 1.00 bits per heavy atom. The van der Waals surface area contributed by atoms with Gasteiger partial charge in [-0.05, 0) is 18.1 Å². The molecule has 1 aliphatic rings. The molecular weight excluding hydrogens is 246 g/mol. The quantitative estimate of drug-likeness (QED) is 0.784. The van der Waals surface area contributed by atoms with Gasteiger partial charge in [0.2, 0.25) is 0 Å². The Hall–Kier alpha value is -2.09. The average Bonchev–Trinajstić information content (AvgIpc) is 2.48. The minimum atomic E-state index is -0.312. The van der Waals surface area contributed by atoms with E-state index in [1.165, 1.54) is 11.1 Å². The minimum Gasteiger partial charge on any atom is -0.470 e. The highest BCUT2D eigenvalue weighted by atomic mass is 16.5. The van der Waals surface area contributed by atoms with Crippen molar-refractivity contribution >= 4 is 5.90 Å². The van der Waals surface area contributed by atoms with E-state index in [0.717, 1.165) is 12.3 Å². The second kappa shape index (κ2) is 5.12. The van der Waals surface area contributed by atoms with Gasteiger partial charge in [0, 0.05) is 13.3 Å². The smallest absolute Gasteiger partial charge is 0.181 e. The first-order valence-corrected chi connectivity index (χ1v) is 7.01. The number of hydrogen-bond acceptors (Lipinski definition) is 2. The maximum absolute atomic E-state index is 6.06. The summed E-state index contributed by atoms with van der Waals surface area (Å²) < 4.78 is 6.06. The van der Waals surface area contributed by atoms with Gasteiger partial charge < -0.3 is 4.74 Å². The molecule has 1 aliphatic heterocycles. The van der Waals surface area contributed by atoms with Crippen molar-refractivity contribution in [3.05, 3.63) is 71.8 Å². The molecule has 102 valence electrons. The second-order valence-corrected chi connectivity index (χ2v) is 5.48. The first-order valence-electron chi connectivity index (χ1n) is 7.01. The fourth-order valence-corrected chi connectivity index (χ4v) is 2.86. The molecule has 2 heteroatoms. The lowest BCUT2D eigenvalue weighted by Crippen LogP contribution is -2.34. The van der Waals surface area contributed by atoms with Crippen molar-refractivity contribution in [3.8, 4) is 0 Å². The molecule has 20 heavy (non-hydrogen) atoms. The zero-order valence-electron chi connectivity index (χ0n) is 11.9. The Labute approximate surface area is 120 Å². The Kier molecular flexibility index (Phi) is 3.31. The predicted molar refractivity (Wildman–Crippen MR) is 81.8 cm³/mol. The molecule has 0 aromatic heterocycles. The number of aliphatic imine (C=N–C) groups is 1. The first-order chi connectivity index (χ1) is 9.67. The van der Waals surface area contributed by atoms with Crippen molar-refractivity contribution in [2.24, 2.45) is 4.99 Å². The SMILES string of the molecule is CC1=N[C@@H](c2ccccc2)C[C@@](C)(c2ccccc2)O1. The Balaban J connectivity index is 1.96. The van der Waals surface area contributed by atoms with Gasteiger partial charge in [-0.2, -0.15) is 0 Å². The van der Waals surface area contributed by atoms with E-state index in [2.05, 4.69) is 60.4 Å². The fraction of sp³-hybridized carbons (Fsp3) is 0.278. The molecule has 1 heterocycles. The summed E-state index contributed by atoms with van der Waals surface area (Å²) in [6, 6.07) is 21.0. The van der Waals surface area contributed by atoms with Crippen molar-refractivity contribution in [1.29, 1.82) is 0 Å². The van der Waals surface area contributed by atoms with E-state index in [4.69, 9.17) is 4.74 Å². The third-order valence-corrected chi connectivity index (χ3v) is 3.86. The van der Waals surface area contributed by atoms with Crippen molar-refractivity contribution < 1.29 is 4.74 Å². The molecule has 0 fully saturated rings. The van der Waals surface area contributed by atoms with Crippen LogP contribution in [-0.2, 0) is 10.3 Å². The molecule has 0 amide bonds. The Morgan fingerprint density at radius 3 is 2.25 bits per heavy atom. The highest BCUT2D eigenvalue weighted by Crippen LogP contribution is 2.40. The summed E-state index contributed by atoms with van der Waals surface area (Å²) in [6.07, 6.45) is 0.859. The van der Waals surface area contributed by atoms with E-state index >= 15 is 0 Å². The zero-order valence-corrected chi connectivity index (χ0v) is 11.9. The number of benzene rings is 2. The van der Waals surface area contributed by atoms with Crippen LogP contribution in [0.1, 0.15) is 37.4 Å². The van der Waals surface area contributed by atoms with Gasteiger partial charge in [0.15, 0.2) is 5.90 Å². The summed E-state index contributed by atoms with van der Waals surface area (Å²) in [5.74, 6) is 0.761. The van der Waals surface area contributed by atoms with Gasteiger partial charge in [0.05, 0.1) is 6.04 Å². The highest BCUT2D eigenvalue weighted by molar-refractivity contribution is 5.75. The third kappa shape index (κ3) is 2.46. The van der Waals surface area contributed by atoms with E-state index in [1.807, 2.05) is 19.1 Å². The molecule has 2 nitrogen and oxygen atoms in total. The minimum absolute atomic E-state index is 0.162. The third-order valence-electron chi connectivity index (χ3n) is 3.86. The van der Waals surface area contributed by atoms with Gasteiger partial charge in [0.25, 0.3) is 0 Å². The van der Waals surface area contributed by atoms with Crippen LogP contribution in [0.5, 0.6) is 0 Å². The van der Waals surface area contributed by atoms with Gasteiger partial charge >= 0.3 is 0 Å². The molecule has 0 spiro atoms. The lowest BCUT2D eigenvalue weighted by Gasteiger charge is -2.37. The number of hydrogen-bond donors (Lipinski definition) is 0. The summed E-state index contributed by atoms with van der Waals surface area (Å²) in [7, 11) is 0. The van der Waals surface area contributed by atoms with Crippen LogP contribution in [0.2, 0.25) is 0 Å². The lowest BCUT2D eigenvalue weighted by atomic mass is 9.85. The molecule has 2 aromatic carbocycles. The van der Waals surface area contributed by atoms with Crippen LogP contribution in [-0.4, -0.2) is 5.90 Å². The summed E-state index contributed by atoms with van der Waals surface area (Å²) in [4.78, 5) is 4.67. The van der Waals surface area contributed by atoms with Gasteiger partial charge in [-0.3, -0.25) is 0 Å². The van der Waals surface area contributed by atoms with E-state index in [-0.39, 0.29) is 11.6 Å². The normalized spacial score (nSPS) is 25.7. The number of ether oxygens (including phenoxy) is 1. The van der Waals surface area contributed by atoms with Crippen LogP contribution >= 0.6 is 0 Å². The van der Waals surface area contributed by atoms with Gasteiger partial charge in [0.1, 0.15) is 5.60 Å². The fourth-order valence-electron chi connectivity index (χ4n) is 2.86. The molecule has 2 aromatic rings. The molecule has 2 atom stereocenters. The Bertz CT molecular complexity index is 606. The molecule has 0 saturated heterocycles. The largest absolute Gasteiger partial charge is 0.470 e. The van der Waals surface area contributed by atoms with Crippen molar-refractivity contribution in [3.63, 3.8) is 0 Å². The average molecular weight is 265 g/mol. The van der Waals surface area contributed by atoms with Crippen molar-refractivity contribution in [1.82, 2.24) is 0 Å². The van der Waals surface area contributed by atoms with Crippen LogP contribution in [0.3, 0.4) is 0 Å². The standard InChI is InChI=1S/C18H19NO/c1-14-19-17(15-9-5-3-6-10-15)13-18(2,20-14)16-11-7-4-8-12-16/h3-12,17H,13H2,1-2H3/t17-,18+/m1/s1. The Morgan fingerprint density at radius 2 is 1.60 bits per heavy atom. The molecular formula is C18H19NO. The summed E-state index contributed by atoms with van der Waals surface area (Å²) in [6.45, 7) is 4.09. The van der Waals surface area contributed by atoms with Crippen LogP contribution in [0.15, 0.2) is 65.7 Å². The van der Waals surface area contributed by atoms with Crippen LogP contribution in [0, 0.1) is 0 Å². The maximum atomic E-state index is 6.06. The van der Waals surface area contributed by atoms with Crippen LogP contribution in [0.4, 0.5) is 0 Å². The monoisotopic (exact) mass is 265 g/mol. The van der Waals surface area contributed by atoms with Gasteiger partial charge in [-0.25, -0.2) is 4.99 Å². The first kappa shape index (κ1) is 12.9. The molecule has 0 N–H and O–H groups in total. The number of rotatable bonds is 2. The molecule has 0 radical (unpaired) electrons. The molecule has 0 bridgehead atoms. The molecule has 3 rings (SSSR count). The summed E-state index contributed by atoms with van der Waals surface area (Å²) in [5.41, 5.74) is 2.14. The zero-order chi connectivity index (χ0) is 14.0. The van der Waals surface area contributed by atoms with Crippen molar-refractivity contribution in [2.45, 2.75) is 31.9 Å². The lowest BCUT2D eigenvalue weighted by molar-refractivity contribution is 0.0391. The van der Waals surface area contributed by atoms with E-state index in [9.17, 15) is 0 Å². The van der Waals surface area contributed by atoms with E-state index in [0.29, 0.717) is 0 Å². The predicted octanol–water partition coefficient (Wildman–Crippen LogP) is 4.48. The molecule has 0 unspecified atom stereocenters. The summed E-state index contributed by atoms with van der Waals surface area (Å²) in [5, 5.41) is 0. The number of nitrogens with zero attached hydrogens (tertiary/aromatic N) is 1. The maximum Gasteiger partial charge on any atom is 0.181 e. The van der Waals surface area contributed by atoms with Crippen LogP contribution in [0.25, 0.3) is 0 Å². The van der Waals surface area contributed by atoms with Gasteiger partial charge in [-0.15, -0.1) is 0 Å². The van der Waals surface area contributed by atoms with E-state index < -0.39 is 0 Å². The van der Waals surface area contributed by atoms with E-state index in [1.54, 1.807) is 0 Å². The molecule has 0 aliphatic carbocycles. The molecule has 0 saturated carbocycles. The van der Waals surface area contributed by atoms with Gasteiger partial charge in [-0.1, -0.05) is 60.7 Å². The topological polar surface area (TPSA) is 21.6 Å². The van der Waals surface area contributed by atoms with Crippen LogP contribution < -0.4 is 0 Å². The second-order valence-electron chi connectivity index (χ2n) is 5.48. The highest BCUT2D eigenvalue weighted by Gasteiger charge is 2.36. The summed E-state index contributed by atoms with van der Waals surface area (Å²) >= 11 is 0. The van der Waals surface area contributed by atoms with Crippen molar-refractivity contribution in [2.75, 3.05) is 0 Å².